The fourth-order valence-electron chi connectivity index (χ4n) is 7.27. The van der Waals surface area contributed by atoms with Crippen LogP contribution in [0.4, 0.5) is 0 Å². The number of carboxylic acid groups (broad SMARTS) is 1. The topological polar surface area (TPSA) is 74.6 Å². The number of rotatable bonds is 4. The molecule has 5 heteroatoms. The Kier molecular flexibility index (Phi) is 5.10. The molecule has 0 amide bonds. The number of hydrogen-bond acceptors (Lipinski definition) is 3. The third-order valence-electron chi connectivity index (χ3n) is 8.63. The van der Waals surface area contributed by atoms with Gasteiger partial charge in [-0.3, -0.25) is 9.59 Å². The first kappa shape index (κ1) is 20.9. The lowest BCUT2D eigenvalue weighted by Crippen LogP contribution is -2.54. The Morgan fingerprint density at radius 3 is 2.76 bits per heavy atom. The van der Waals surface area contributed by atoms with Gasteiger partial charge in [-0.2, -0.15) is 0 Å². The van der Waals surface area contributed by atoms with Gasteiger partial charge in [0.2, 0.25) is 0 Å². The van der Waals surface area contributed by atoms with Gasteiger partial charge in [0.25, 0.3) is 0 Å². The van der Waals surface area contributed by atoms with E-state index in [9.17, 15) is 19.8 Å². The number of aliphatic hydroxyl groups is 1. The molecule has 4 rings (SSSR count). The van der Waals surface area contributed by atoms with Crippen LogP contribution in [0.15, 0.2) is 36.0 Å². The van der Waals surface area contributed by atoms with Gasteiger partial charge >= 0.3 is 5.97 Å². The molecule has 4 aliphatic rings. The van der Waals surface area contributed by atoms with Crippen molar-refractivity contribution in [1.82, 2.24) is 0 Å². The predicted molar refractivity (Wildman–Crippen MR) is 113 cm³/mol. The molecule has 0 bridgehead atoms. The Morgan fingerprint density at radius 1 is 1.34 bits per heavy atom. The number of carbonyl (C=O) groups is 2. The van der Waals surface area contributed by atoms with Crippen molar-refractivity contribution in [2.24, 2.45) is 29.1 Å². The predicted octanol–water partition coefficient (Wildman–Crippen LogP) is 4.66. The van der Waals surface area contributed by atoms with Crippen LogP contribution in [0.3, 0.4) is 0 Å². The van der Waals surface area contributed by atoms with E-state index >= 15 is 0 Å². The average Bonchev–Trinajstić information content (AvgIpc) is 2.93. The van der Waals surface area contributed by atoms with Crippen molar-refractivity contribution >= 4 is 23.4 Å². The van der Waals surface area contributed by atoms with Crippen LogP contribution in [-0.4, -0.2) is 32.9 Å². The first-order valence-corrected chi connectivity index (χ1v) is 11.2. The first-order chi connectivity index (χ1) is 13.6. The number of fused-ring (bicyclic) bond motifs is 5. The van der Waals surface area contributed by atoms with E-state index in [0.29, 0.717) is 48.5 Å². The fourth-order valence-corrected chi connectivity index (χ4v) is 7.45. The van der Waals surface area contributed by atoms with Crippen molar-refractivity contribution in [2.75, 3.05) is 0 Å². The van der Waals surface area contributed by atoms with E-state index in [4.69, 9.17) is 11.6 Å². The lowest BCUT2D eigenvalue weighted by molar-refractivity contribution is -0.136. The first-order valence-electron chi connectivity index (χ1n) is 10.8. The molecule has 0 aliphatic heterocycles. The molecule has 0 unspecified atom stereocenters. The Morgan fingerprint density at radius 2 is 2.07 bits per heavy atom. The summed E-state index contributed by atoms with van der Waals surface area (Å²) in [5, 5.41) is 19.9. The number of carbonyl (C=O) groups excluding carboxylic acids is 1. The van der Waals surface area contributed by atoms with E-state index < -0.39 is 22.4 Å². The summed E-state index contributed by atoms with van der Waals surface area (Å²) in [4.78, 5) is 23.1. The highest BCUT2D eigenvalue weighted by atomic mass is 35.5. The van der Waals surface area contributed by atoms with Crippen LogP contribution >= 0.6 is 11.6 Å². The van der Waals surface area contributed by atoms with Gasteiger partial charge in [-0.05, 0) is 80.3 Å². The summed E-state index contributed by atoms with van der Waals surface area (Å²) in [5.74, 6) is 0.766. The third-order valence-corrected chi connectivity index (χ3v) is 8.97. The molecular formula is C24H31ClO4. The molecular weight excluding hydrogens is 388 g/mol. The van der Waals surface area contributed by atoms with Gasteiger partial charge in [-0.1, -0.05) is 31.2 Å². The van der Waals surface area contributed by atoms with Crippen LogP contribution in [0.1, 0.15) is 58.3 Å². The van der Waals surface area contributed by atoms with E-state index in [1.54, 1.807) is 0 Å². The molecule has 4 nitrogen and oxygen atoms in total. The quantitative estimate of drug-likeness (QED) is 0.514. The Hall–Kier alpha value is -1.39. The molecule has 4 aliphatic carbocycles. The number of carboxylic acids is 1. The largest absolute Gasteiger partial charge is 0.480 e. The molecule has 3 saturated carbocycles. The van der Waals surface area contributed by atoms with E-state index in [1.165, 1.54) is 11.1 Å². The fraction of sp³-hybridized carbons (Fsp3) is 0.667. The van der Waals surface area contributed by atoms with Crippen LogP contribution in [-0.2, 0) is 9.59 Å². The number of halogens is 1. The standard InChI is InChI=1S/C24H31ClO4/c1-13-12-23(3)19(8-9-24(23,29)14(2)10-20(25)22(27)28)18-6-4-15-11-16(26)5-7-17(15)21(13)18/h11,17-21,29H,1-2,4-10,12H2,3H3,(H,27,28)/t17-,18-,19-,20-,21+,23-,24+/m0/s1. The molecule has 0 spiro atoms. The number of hydrogen-bond donors (Lipinski definition) is 2. The summed E-state index contributed by atoms with van der Waals surface area (Å²) >= 11 is 5.98. The van der Waals surface area contributed by atoms with E-state index in [2.05, 4.69) is 20.1 Å². The highest BCUT2D eigenvalue weighted by Gasteiger charge is 2.64. The number of ketones is 1. The van der Waals surface area contributed by atoms with Crippen molar-refractivity contribution in [2.45, 2.75) is 69.3 Å². The smallest absolute Gasteiger partial charge is 0.321 e. The van der Waals surface area contributed by atoms with Gasteiger partial charge in [0.15, 0.2) is 5.78 Å². The second-order valence-corrected chi connectivity index (χ2v) is 10.5. The minimum Gasteiger partial charge on any atom is -0.480 e. The summed E-state index contributed by atoms with van der Waals surface area (Å²) in [6.07, 6.45) is 7.70. The van der Waals surface area contributed by atoms with E-state index in [0.717, 1.165) is 25.7 Å². The van der Waals surface area contributed by atoms with Crippen molar-refractivity contribution in [3.8, 4) is 0 Å². The van der Waals surface area contributed by atoms with Crippen molar-refractivity contribution in [3.63, 3.8) is 0 Å². The second kappa shape index (κ2) is 7.09. The summed E-state index contributed by atoms with van der Waals surface area (Å²) < 4.78 is 0. The molecule has 0 radical (unpaired) electrons. The van der Waals surface area contributed by atoms with Gasteiger partial charge in [-0.25, -0.2) is 0 Å². The van der Waals surface area contributed by atoms with Gasteiger partial charge in [-0.15, -0.1) is 11.6 Å². The number of aliphatic carboxylic acids is 1. The SMILES string of the molecule is C=C1C[C@@]2(C)[C@@H](CC[C@@]2(O)C(=C)C[C@H](Cl)C(=O)O)[C@@H]2CCC3=CC(=O)CC[C@@H]3[C@@H]12. The maximum atomic E-state index is 11.9. The zero-order valence-corrected chi connectivity index (χ0v) is 17.9. The normalized spacial score (nSPS) is 42.4. The van der Waals surface area contributed by atoms with Crippen molar-refractivity contribution in [1.29, 1.82) is 0 Å². The number of alkyl halides is 1. The zero-order valence-electron chi connectivity index (χ0n) is 17.1. The molecule has 29 heavy (non-hydrogen) atoms. The highest BCUT2D eigenvalue weighted by Crippen LogP contribution is 2.67. The van der Waals surface area contributed by atoms with Crippen molar-refractivity contribution < 1.29 is 19.8 Å². The van der Waals surface area contributed by atoms with Crippen molar-refractivity contribution in [3.05, 3.63) is 36.0 Å². The zero-order chi connectivity index (χ0) is 21.1. The molecule has 3 fully saturated rings. The Labute approximate surface area is 177 Å². The molecule has 0 aromatic heterocycles. The lowest BCUT2D eigenvalue weighted by Gasteiger charge is -2.57. The monoisotopic (exact) mass is 418 g/mol. The van der Waals surface area contributed by atoms with Crippen LogP contribution in [0, 0.1) is 29.1 Å². The molecule has 158 valence electrons. The van der Waals surface area contributed by atoms with Crippen LogP contribution < -0.4 is 0 Å². The maximum Gasteiger partial charge on any atom is 0.321 e. The third kappa shape index (κ3) is 3.06. The molecule has 7 atom stereocenters. The Bertz CT molecular complexity index is 814. The summed E-state index contributed by atoms with van der Waals surface area (Å²) in [5.41, 5.74) is 1.50. The molecule has 0 saturated heterocycles. The number of allylic oxidation sites excluding steroid dienone is 2. The van der Waals surface area contributed by atoms with Gasteiger partial charge in [0, 0.05) is 11.8 Å². The molecule has 0 aromatic carbocycles. The van der Waals surface area contributed by atoms with Gasteiger partial charge in [0.05, 0.1) is 5.60 Å². The molecule has 2 N–H and O–H groups in total. The average molecular weight is 419 g/mol. The van der Waals surface area contributed by atoms with E-state index in [1.807, 2.05) is 6.08 Å². The van der Waals surface area contributed by atoms with Gasteiger partial charge in [0.1, 0.15) is 5.38 Å². The summed E-state index contributed by atoms with van der Waals surface area (Å²) in [6.45, 7) is 10.7. The lowest BCUT2D eigenvalue weighted by atomic mass is 9.48. The molecule has 0 heterocycles. The molecule has 0 aromatic rings. The summed E-state index contributed by atoms with van der Waals surface area (Å²) in [7, 11) is 0. The van der Waals surface area contributed by atoms with Crippen LogP contribution in [0.5, 0.6) is 0 Å². The van der Waals surface area contributed by atoms with E-state index in [-0.39, 0.29) is 12.2 Å². The second-order valence-electron chi connectivity index (χ2n) is 9.93. The van der Waals surface area contributed by atoms with Gasteiger partial charge < -0.3 is 10.2 Å². The minimum absolute atomic E-state index is 0.0773. The van der Waals surface area contributed by atoms with Crippen LogP contribution in [0.2, 0.25) is 0 Å². The maximum absolute atomic E-state index is 11.9. The highest BCUT2D eigenvalue weighted by molar-refractivity contribution is 6.29. The minimum atomic E-state index is -1.12. The van der Waals surface area contributed by atoms with Crippen LogP contribution in [0.25, 0.3) is 0 Å². The Balaban J connectivity index is 1.63. The summed E-state index contributed by atoms with van der Waals surface area (Å²) in [6, 6.07) is 0.